The second-order valence-corrected chi connectivity index (χ2v) is 4.14. The van der Waals surface area contributed by atoms with Crippen molar-refractivity contribution in [3.63, 3.8) is 0 Å². The molecule has 84 valence electrons. The average Bonchev–Trinajstić information content (AvgIpc) is 2.35. The number of rotatable bonds is 4. The molecule has 0 spiro atoms. The quantitative estimate of drug-likeness (QED) is 0.749. The lowest BCUT2D eigenvalue weighted by molar-refractivity contribution is 0.296. The molecular formula is C15H19N. The van der Waals surface area contributed by atoms with E-state index in [1.165, 1.54) is 16.3 Å². The Morgan fingerprint density at radius 1 is 0.875 bits per heavy atom. The zero-order chi connectivity index (χ0) is 11.4. The van der Waals surface area contributed by atoms with Gasteiger partial charge in [0, 0.05) is 6.54 Å². The minimum absolute atomic E-state index is 1.05. The maximum absolute atomic E-state index is 2.43. The fraction of sp³-hybridized carbons (Fsp3) is 0.333. The van der Waals surface area contributed by atoms with Gasteiger partial charge in [-0.05, 0) is 35.5 Å². The summed E-state index contributed by atoms with van der Waals surface area (Å²) in [5.74, 6) is 0. The van der Waals surface area contributed by atoms with Crippen LogP contribution in [0.4, 0.5) is 0 Å². The monoisotopic (exact) mass is 213 g/mol. The van der Waals surface area contributed by atoms with Gasteiger partial charge in [-0.3, -0.25) is 4.90 Å². The summed E-state index contributed by atoms with van der Waals surface area (Å²) in [6.45, 7) is 7.71. The molecule has 1 heteroatoms. The van der Waals surface area contributed by atoms with Crippen molar-refractivity contribution in [2.75, 3.05) is 13.1 Å². The van der Waals surface area contributed by atoms with E-state index in [0.717, 1.165) is 19.6 Å². The highest BCUT2D eigenvalue weighted by atomic mass is 15.1. The van der Waals surface area contributed by atoms with Gasteiger partial charge in [0.05, 0.1) is 0 Å². The predicted octanol–water partition coefficient (Wildman–Crippen LogP) is 3.68. The lowest BCUT2D eigenvalue weighted by Gasteiger charge is -2.18. The van der Waals surface area contributed by atoms with Crippen LogP contribution in [-0.4, -0.2) is 18.0 Å². The molecule has 1 nitrogen and oxygen atoms in total. The zero-order valence-corrected chi connectivity index (χ0v) is 10.1. The first-order valence-corrected chi connectivity index (χ1v) is 6.03. The molecule has 0 fully saturated rings. The molecule has 0 aliphatic heterocycles. The van der Waals surface area contributed by atoms with Gasteiger partial charge in [0.15, 0.2) is 0 Å². The summed E-state index contributed by atoms with van der Waals surface area (Å²) in [5.41, 5.74) is 1.41. The molecule has 0 saturated carbocycles. The molecule has 0 atom stereocenters. The summed E-state index contributed by atoms with van der Waals surface area (Å²) in [5, 5.41) is 2.66. The van der Waals surface area contributed by atoms with Crippen molar-refractivity contribution in [3.8, 4) is 0 Å². The van der Waals surface area contributed by atoms with Crippen molar-refractivity contribution in [2.45, 2.75) is 20.4 Å². The van der Waals surface area contributed by atoms with E-state index in [2.05, 4.69) is 61.2 Å². The van der Waals surface area contributed by atoms with Crippen LogP contribution in [0.15, 0.2) is 42.5 Å². The smallest absolute Gasteiger partial charge is 0.0233 e. The Hall–Kier alpha value is -1.34. The number of nitrogens with zero attached hydrogens (tertiary/aromatic N) is 1. The lowest BCUT2D eigenvalue weighted by atomic mass is 10.1. The Bertz CT molecular complexity index is 458. The first-order valence-electron chi connectivity index (χ1n) is 6.03. The number of hydrogen-bond acceptors (Lipinski definition) is 1. The van der Waals surface area contributed by atoms with Crippen molar-refractivity contribution in [1.82, 2.24) is 4.90 Å². The highest BCUT2D eigenvalue weighted by Gasteiger charge is 2.01. The minimum atomic E-state index is 1.05. The molecule has 0 radical (unpaired) electrons. The van der Waals surface area contributed by atoms with E-state index in [9.17, 15) is 0 Å². The number of fused-ring (bicyclic) bond motifs is 1. The van der Waals surface area contributed by atoms with E-state index in [0.29, 0.717) is 0 Å². The molecule has 0 amide bonds. The van der Waals surface area contributed by atoms with Crippen molar-refractivity contribution in [1.29, 1.82) is 0 Å². The van der Waals surface area contributed by atoms with E-state index < -0.39 is 0 Å². The Morgan fingerprint density at radius 2 is 1.56 bits per heavy atom. The third-order valence-electron chi connectivity index (χ3n) is 3.11. The third-order valence-corrected chi connectivity index (χ3v) is 3.11. The van der Waals surface area contributed by atoms with Gasteiger partial charge in [0.2, 0.25) is 0 Å². The van der Waals surface area contributed by atoms with Crippen LogP contribution in [0.25, 0.3) is 10.8 Å². The molecule has 0 bridgehead atoms. The minimum Gasteiger partial charge on any atom is -0.300 e. The van der Waals surface area contributed by atoms with Gasteiger partial charge >= 0.3 is 0 Å². The van der Waals surface area contributed by atoms with Crippen LogP contribution in [0.3, 0.4) is 0 Å². The molecule has 2 aromatic carbocycles. The van der Waals surface area contributed by atoms with Gasteiger partial charge in [0.25, 0.3) is 0 Å². The highest BCUT2D eigenvalue weighted by molar-refractivity contribution is 5.82. The summed E-state index contributed by atoms with van der Waals surface area (Å²) in [7, 11) is 0. The molecule has 0 N–H and O–H groups in total. The van der Waals surface area contributed by atoms with Crippen molar-refractivity contribution >= 4 is 10.8 Å². The van der Waals surface area contributed by atoms with Gasteiger partial charge in [-0.15, -0.1) is 0 Å². The predicted molar refractivity (Wildman–Crippen MR) is 70.6 cm³/mol. The molecule has 0 aliphatic rings. The SMILES string of the molecule is CCN(CC)Cc1ccc2ccccc2c1. The normalized spacial score (nSPS) is 11.2. The lowest BCUT2D eigenvalue weighted by Crippen LogP contribution is -2.21. The Balaban J connectivity index is 2.25. The summed E-state index contributed by atoms with van der Waals surface area (Å²) in [4.78, 5) is 2.43. The maximum atomic E-state index is 2.43. The van der Waals surface area contributed by atoms with Crippen LogP contribution < -0.4 is 0 Å². The van der Waals surface area contributed by atoms with Gasteiger partial charge < -0.3 is 0 Å². The standard InChI is InChI=1S/C15H19N/c1-3-16(4-2)12-13-9-10-14-7-5-6-8-15(14)11-13/h5-11H,3-4,12H2,1-2H3. The maximum Gasteiger partial charge on any atom is 0.0233 e. The molecule has 2 rings (SSSR count). The summed E-state index contributed by atoms with van der Waals surface area (Å²) < 4.78 is 0. The molecule has 0 aromatic heterocycles. The van der Waals surface area contributed by atoms with Crippen LogP contribution in [-0.2, 0) is 6.54 Å². The van der Waals surface area contributed by atoms with E-state index >= 15 is 0 Å². The largest absolute Gasteiger partial charge is 0.300 e. The number of benzene rings is 2. The van der Waals surface area contributed by atoms with Crippen molar-refractivity contribution < 1.29 is 0 Å². The Labute approximate surface area is 97.7 Å². The second kappa shape index (κ2) is 5.13. The van der Waals surface area contributed by atoms with Crippen molar-refractivity contribution in [3.05, 3.63) is 48.0 Å². The van der Waals surface area contributed by atoms with Gasteiger partial charge in [-0.1, -0.05) is 50.2 Å². The number of hydrogen-bond donors (Lipinski definition) is 0. The first kappa shape index (κ1) is 11.2. The zero-order valence-electron chi connectivity index (χ0n) is 10.1. The highest BCUT2D eigenvalue weighted by Crippen LogP contribution is 2.16. The molecule has 0 unspecified atom stereocenters. The van der Waals surface area contributed by atoms with E-state index in [1.807, 2.05) is 0 Å². The fourth-order valence-corrected chi connectivity index (χ4v) is 2.04. The van der Waals surface area contributed by atoms with E-state index in [1.54, 1.807) is 0 Å². The Kier molecular flexibility index (Phi) is 3.58. The molecule has 0 aliphatic carbocycles. The van der Waals surface area contributed by atoms with Gasteiger partial charge in [-0.25, -0.2) is 0 Å². The van der Waals surface area contributed by atoms with Gasteiger partial charge in [-0.2, -0.15) is 0 Å². The van der Waals surface area contributed by atoms with Crippen LogP contribution in [0.1, 0.15) is 19.4 Å². The van der Waals surface area contributed by atoms with Crippen LogP contribution in [0.2, 0.25) is 0 Å². The van der Waals surface area contributed by atoms with Crippen molar-refractivity contribution in [2.24, 2.45) is 0 Å². The van der Waals surface area contributed by atoms with E-state index in [-0.39, 0.29) is 0 Å². The molecule has 0 saturated heterocycles. The third kappa shape index (κ3) is 2.42. The van der Waals surface area contributed by atoms with Crippen LogP contribution in [0, 0.1) is 0 Å². The second-order valence-electron chi connectivity index (χ2n) is 4.14. The van der Waals surface area contributed by atoms with E-state index in [4.69, 9.17) is 0 Å². The Morgan fingerprint density at radius 3 is 2.25 bits per heavy atom. The first-order chi connectivity index (χ1) is 7.83. The molecule has 2 aromatic rings. The molecule has 16 heavy (non-hydrogen) atoms. The average molecular weight is 213 g/mol. The summed E-state index contributed by atoms with van der Waals surface area (Å²) in [6.07, 6.45) is 0. The van der Waals surface area contributed by atoms with Gasteiger partial charge in [0.1, 0.15) is 0 Å². The topological polar surface area (TPSA) is 3.24 Å². The fourth-order valence-electron chi connectivity index (χ4n) is 2.04. The molecular weight excluding hydrogens is 194 g/mol. The van der Waals surface area contributed by atoms with Crippen LogP contribution in [0.5, 0.6) is 0 Å². The summed E-state index contributed by atoms with van der Waals surface area (Å²) in [6, 6.07) is 15.3. The molecule has 0 heterocycles. The van der Waals surface area contributed by atoms with Crippen LogP contribution >= 0.6 is 0 Å². The summed E-state index contributed by atoms with van der Waals surface area (Å²) >= 11 is 0.